The molecule has 0 spiro atoms. The summed E-state index contributed by atoms with van der Waals surface area (Å²) in [4.78, 5) is 28.3. The molecule has 214 valence electrons. The third-order valence-electron chi connectivity index (χ3n) is 6.66. The van der Waals surface area contributed by atoms with Crippen molar-refractivity contribution in [1.82, 2.24) is 14.9 Å². The van der Waals surface area contributed by atoms with Crippen molar-refractivity contribution in [3.63, 3.8) is 0 Å². The van der Waals surface area contributed by atoms with E-state index >= 15 is 0 Å². The van der Waals surface area contributed by atoms with Gasteiger partial charge in [0.1, 0.15) is 22.5 Å². The quantitative estimate of drug-likeness (QED) is 0.329. The zero-order chi connectivity index (χ0) is 28.8. The number of rotatable bonds is 11. The van der Waals surface area contributed by atoms with Crippen LogP contribution in [-0.2, 0) is 14.8 Å². The lowest BCUT2D eigenvalue weighted by molar-refractivity contribution is -0.118. The summed E-state index contributed by atoms with van der Waals surface area (Å²) in [6.07, 6.45) is 2.17. The first-order valence-corrected chi connectivity index (χ1v) is 14.2. The molecule has 0 unspecified atom stereocenters. The summed E-state index contributed by atoms with van der Waals surface area (Å²) >= 11 is 0. The number of methoxy groups -OCH3 is 1. The predicted octanol–water partition coefficient (Wildman–Crippen LogP) is 2.35. The number of nitrogens with one attached hydrogen (secondary N) is 3. The molecule has 1 fully saturated rings. The highest BCUT2D eigenvalue weighted by molar-refractivity contribution is 7.89. The molecule has 2 aromatic rings. The van der Waals surface area contributed by atoms with Crippen LogP contribution in [0.3, 0.4) is 0 Å². The Balaban J connectivity index is 1.81. The molecule has 1 aliphatic rings. The van der Waals surface area contributed by atoms with Gasteiger partial charge in [0.25, 0.3) is 5.91 Å². The Morgan fingerprint density at radius 3 is 2.38 bits per heavy atom. The maximum Gasteiger partial charge on any atom is 0.251 e. The summed E-state index contributed by atoms with van der Waals surface area (Å²) in [5.74, 6) is -1.23. The maximum absolute atomic E-state index is 13.4. The molecule has 1 atom stereocenters. The Kier molecular flexibility index (Phi) is 10.1. The second-order valence-corrected chi connectivity index (χ2v) is 12.2. The Hall–Kier alpha value is -3.06. The lowest BCUT2D eigenvalue weighted by Crippen LogP contribution is -2.46. The maximum atomic E-state index is 13.4. The van der Waals surface area contributed by atoms with Crippen molar-refractivity contribution in [1.29, 1.82) is 0 Å². The van der Waals surface area contributed by atoms with Crippen LogP contribution in [0.25, 0.3) is 0 Å². The van der Waals surface area contributed by atoms with E-state index in [2.05, 4.69) is 20.3 Å². The van der Waals surface area contributed by atoms with E-state index in [0.717, 1.165) is 25.9 Å². The molecular weight excluding hydrogens is 527 g/mol. The molecule has 0 bridgehead atoms. The fraction of sp³-hybridized carbons (Fsp3) is 0.481. The standard InChI is InChI=1S/C27H37FN4O6S/c1-27(2,17-33)31-39(36,37)24-10-9-21(16-23(24)38-4)29-26(35)22(15-18-11-13-32(3)14-12-18)30-25(34)19-5-7-20(28)8-6-19/h5-10,16,18,22,31,33H,11-15,17H2,1-4H3,(H,29,35)(H,30,34)/t22-/m0/s1. The smallest absolute Gasteiger partial charge is 0.251 e. The number of ether oxygens (including phenoxy) is 1. The molecule has 3 rings (SSSR count). The van der Waals surface area contributed by atoms with Gasteiger partial charge in [-0.1, -0.05) is 0 Å². The molecule has 2 aromatic carbocycles. The van der Waals surface area contributed by atoms with Crippen LogP contribution in [0.4, 0.5) is 10.1 Å². The first kappa shape index (κ1) is 30.5. The Bertz CT molecular complexity index is 1260. The summed E-state index contributed by atoms with van der Waals surface area (Å²) in [5.41, 5.74) is -0.589. The highest BCUT2D eigenvalue weighted by atomic mass is 32.2. The molecule has 10 nitrogen and oxygen atoms in total. The van der Waals surface area contributed by atoms with Crippen molar-refractivity contribution >= 4 is 27.5 Å². The normalized spacial score (nSPS) is 15.9. The van der Waals surface area contributed by atoms with Gasteiger partial charge in [-0.25, -0.2) is 17.5 Å². The molecule has 2 amide bonds. The summed E-state index contributed by atoms with van der Waals surface area (Å²) in [7, 11) is -0.699. The van der Waals surface area contributed by atoms with Gasteiger partial charge in [0.05, 0.1) is 19.3 Å². The minimum Gasteiger partial charge on any atom is -0.495 e. The number of likely N-dealkylation sites (tertiary alicyclic amines) is 1. The molecular formula is C27H37FN4O6S. The number of piperidine rings is 1. The van der Waals surface area contributed by atoms with E-state index in [4.69, 9.17) is 4.74 Å². The summed E-state index contributed by atoms with van der Waals surface area (Å²) in [5, 5.41) is 15.0. The van der Waals surface area contributed by atoms with Crippen LogP contribution in [-0.4, -0.2) is 75.7 Å². The van der Waals surface area contributed by atoms with Gasteiger partial charge in [0.2, 0.25) is 15.9 Å². The number of sulfonamides is 1. The van der Waals surface area contributed by atoms with Crippen molar-refractivity contribution in [3.8, 4) is 5.75 Å². The van der Waals surface area contributed by atoms with E-state index in [1.807, 2.05) is 7.05 Å². The zero-order valence-corrected chi connectivity index (χ0v) is 23.5. The number of anilines is 1. The number of aliphatic hydroxyl groups excluding tert-OH is 1. The number of carbonyl (C=O) groups is 2. The third kappa shape index (κ3) is 8.46. The van der Waals surface area contributed by atoms with E-state index in [9.17, 15) is 27.5 Å². The first-order valence-electron chi connectivity index (χ1n) is 12.7. The van der Waals surface area contributed by atoms with E-state index in [0.29, 0.717) is 6.42 Å². The number of halogens is 1. The molecule has 12 heteroatoms. The second-order valence-electron chi connectivity index (χ2n) is 10.5. The van der Waals surface area contributed by atoms with Crippen molar-refractivity contribution in [2.75, 3.05) is 39.2 Å². The number of hydrogen-bond donors (Lipinski definition) is 4. The number of carbonyl (C=O) groups excluding carboxylic acids is 2. The molecule has 4 N–H and O–H groups in total. The summed E-state index contributed by atoms with van der Waals surface area (Å²) in [6.45, 7) is 4.44. The molecule has 1 heterocycles. The zero-order valence-electron chi connectivity index (χ0n) is 22.7. The number of nitrogens with zero attached hydrogens (tertiary/aromatic N) is 1. The third-order valence-corrected chi connectivity index (χ3v) is 8.40. The SMILES string of the molecule is COc1cc(NC(=O)[C@H](CC2CCN(C)CC2)NC(=O)c2ccc(F)cc2)ccc1S(=O)(=O)NC(C)(C)CO. The average Bonchev–Trinajstić information content (AvgIpc) is 2.89. The lowest BCUT2D eigenvalue weighted by Gasteiger charge is -2.31. The fourth-order valence-electron chi connectivity index (χ4n) is 4.35. The minimum absolute atomic E-state index is 0.00347. The molecule has 0 saturated carbocycles. The van der Waals surface area contributed by atoms with Crippen LogP contribution in [0.5, 0.6) is 5.75 Å². The lowest BCUT2D eigenvalue weighted by atomic mass is 9.90. The van der Waals surface area contributed by atoms with Crippen LogP contribution in [0.15, 0.2) is 47.4 Å². The molecule has 39 heavy (non-hydrogen) atoms. The molecule has 0 aromatic heterocycles. The molecule has 1 saturated heterocycles. The van der Waals surface area contributed by atoms with Crippen molar-refractivity contribution in [2.45, 2.75) is 49.6 Å². The van der Waals surface area contributed by atoms with Gasteiger partial charge < -0.3 is 25.4 Å². The fourth-order valence-corrected chi connectivity index (χ4v) is 5.91. The van der Waals surface area contributed by atoms with Gasteiger partial charge >= 0.3 is 0 Å². The topological polar surface area (TPSA) is 137 Å². The highest BCUT2D eigenvalue weighted by Gasteiger charge is 2.30. The number of benzene rings is 2. The summed E-state index contributed by atoms with van der Waals surface area (Å²) < 4.78 is 46.8. The summed E-state index contributed by atoms with van der Waals surface area (Å²) in [6, 6.07) is 8.29. The molecule has 1 aliphatic heterocycles. The van der Waals surface area contributed by atoms with Crippen LogP contribution >= 0.6 is 0 Å². The van der Waals surface area contributed by atoms with Crippen LogP contribution in [0.2, 0.25) is 0 Å². The molecule has 0 aliphatic carbocycles. The van der Waals surface area contributed by atoms with Crippen molar-refractivity contribution in [2.24, 2.45) is 5.92 Å². The van der Waals surface area contributed by atoms with Gasteiger partial charge in [-0.2, -0.15) is 0 Å². The Morgan fingerprint density at radius 2 is 1.79 bits per heavy atom. The van der Waals surface area contributed by atoms with Crippen LogP contribution < -0.4 is 20.1 Å². The Labute approximate surface area is 229 Å². The van der Waals surface area contributed by atoms with E-state index in [1.165, 1.54) is 63.4 Å². The highest BCUT2D eigenvalue weighted by Crippen LogP contribution is 2.29. The van der Waals surface area contributed by atoms with Crippen molar-refractivity contribution in [3.05, 3.63) is 53.8 Å². The van der Waals surface area contributed by atoms with Gasteiger partial charge in [0, 0.05) is 17.3 Å². The number of aliphatic hydroxyl groups is 1. The van der Waals surface area contributed by atoms with Crippen LogP contribution in [0, 0.1) is 11.7 Å². The van der Waals surface area contributed by atoms with E-state index < -0.39 is 45.8 Å². The van der Waals surface area contributed by atoms with E-state index in [1.54, 1.807) is 0 Å². The van der Waals surface area contributed by atoms with Gasteiger partial charge in [-0.05, 0) is 95.6 Å². The minimum atomic E-state index is -4.04. The monoisotopic (exact) mass is 564 g/mol. The molecule has 0 radical (unpaired) electrons. The van der Waals surface area contributed by atoms with Gasteiger partial charge in [0.15, 0.2) is 0 Å². The largest absolute Gasteiger partial charge is 0.495 e. The van der Waals surface area contributed by atoms with Gasteiger partial charge in [-0.3, -0.25) is 9.59 Å². The van der Waals surface area contributed by atoms with E-state index in [-0.39, 0.29) is 27.8 Å². The van der Waals surface area contributed by atoms with Crippen LogP contribution in [0.1, 0.15) is 43.5 Å². The average molecular weight is 565 g/mol. The number of hydrogen-bond acceptors (Lipinski definition) is 7. The first-order chi connectivity index (χ1) is 18.3. The van der Waals surface area contributed by atoms with Gasteiger partial charge in [-0.15, -0.1) is 0 Å². The second kappa shape index (κ2) is 12.9. The van der Waals surface area contributed by atoms with Crippen molar-refractivity contribution < 1.29 is 32.2 Å². The predicted molar refractivity (Wildman–Crippen MR) is 146 cm³/mol. The Morgan fingerprint density at radius 1 is 1.15 bits per heavy atom. The number of amides is 2.